The summed E-state index contributed by atoms with van der Waals surface area (Å²) in [7, 11) is 0. The lowest BCUT2D eigenvalue weighted by Crippen LogP contribution is -2.22. The molecule has 3 aromatic rings. The van der Waals surface area contributed by atoms with Gasteiger partial charge in [0.2, 0.25) is 5.91 Å². The third-order valence-electron chi connectivity index (χ3n) is 4.69. The second kappa shape index (κ2) is 10.6. The monoisotopic (exact) mass is 463 g/mol. The highest BCUT2D eigenvalue weighted by molar-refractivity contribution is 8.00. The van der Waals surface area contributed by atoms with Gasteiger partial charge in [0.25, 0.3) is 11.6 Å². The van der Waals surface area contributed by atoms with Crippen molar-refractivity contribution in [3.63, 3.8) is 0 Å². The number of hydrogen-bond donors (Lipinski definition) is 2. The molecule has 0 spiro atoms. The van der Waals surface area contributed by atoms with Crippen LogP contribution in [0.5, 0.6) is 0 Å². The Labute approximate surface area is 194 Å². The lowest BCUT2D eigenvalue weighted by atomic mass is 10.1. The Morgan fingerprint density at radius 2 is 1.33 bits per heavy atom. The number of anilines is 2. The predicted molar refractivity (Wildman–Crippen MR) is 128 cm³/mol. The van der Waals surface area contributed by atoms with Crippen molar-refractivity contribution in [1.29, 1.82) is 0 Å². The van der Waals surface area contributed by atoms with E-state index < -0.39 is 4.92 Å². The Kier molecular flexibility index (Phi) is 7.57. The van der Waals surface area contributed by atoms with E-state index in [1.165, 1.54) is 43.0 Å². The van der Waals surface area contributed by atoms with Crippen molar-refractivity contribution < 1.29 is 19.3 Å². The smallest absolute Gasteiger partial charge is 0.269 e. The van der Waals surface area contributed by atoms with Gasteiger partial charge in [-0.15, -0.1) is 11.8 Å². The van der Waals surface area contributed by atoms with Crippen molar-refractivity contribution in [2.24, 2.45) is 0 Å². The van der Waals surface area contributed by atoms with Gasteiger partial charge in [0, 0.05) is 39.5 Å². The van der Waals surface area contributed by atoms with Crippen LogP contribution in [0.15, 0.2) is 77.7 Å². The van der Waals surface area contributed by atoms with Gasteiger partial charge in [0.05, 0.1) is 10.2 Å². The zero-order valence-electron chi connectivity index (χ0n) is 17.9. The molecular formula is C24H21N3O5S. The average molecular weight is 464 g/mol. The summed E-state index contributed by atoms with van der Waals surface area (Å²) >= 11 is 1.36. The van der Waals surface area contributed by atoms with Crippen LogP contribution in [-0.2, 0) is 4.79 Å². The molecule has 9 heteroatoms. The number of carbonyl (C=O) groups excluding carboxylic acids is 3. The number of nitrogens with zero attached hydrogens (tertiary/aromatic N) is 1. The van der Waals surface area contributed by atoms with E-state index in [2.05, 4.69) is 10.6 Å². The van der Waals surface area contributed by atoms with Gasteiger partial charge < -0.3 is 10.6 Å². The number of nitro benzene ring substituents is 1. The van der Waals surface area contributed by atoms with Gasteiger partial charge in [-0.2, -0.15) is 0 Å². The second-order valence-electron chi connectivity index (χ2n) is 7.17. The van der Waals surface area contributed by atoms with Crippen LogP contribution in [0.3, 0.4) is 0 Å². The molecule has 1 atom stereocenters. The normalized spacial score (nSPS) is 11.3. The highest BCUT2D eigenvalue weighted by Crippen LogP contribution is 2.26. The molecule has 3 rings (SSSR count). The average Bonchev–Trinajstić information content (AvgIpc) is 2.80. The number of ketones is 1. The maximum atomic E-state index is 12.5. The molecule has 0 aliphatic rings. The van der Waals surface area contributed by atoms with Crippen LogP contribution >= 0.6 is 11.8 Å². The first-order valence-electron chi connectivity index (χ1n) is 9.97. The number of carbonyl (C=O) groups is 3. The van der Waals surface area contributed by atoms with Crippen LogP contribution in [0.4, 0.5) is 17.1 Å². The van der Waals surface area contributed by atoms with Crippen LogP contribution in [-0.4, -0.2) is 27.8 Å². The molecule has 0 bridgehead atoms. The fourth-order valence-electron chi connectivity index (χ4n) is 2.84. The van der Waals surface area contributed by atoms with E-state index in [1.54, 1.807) is 55.5 Å². The predicted octanol–water partition coefficient (Wildman–Crippen LogP) is 5.17. The fourth-order valence-corrected chi connectivity index (χ4v) is 3.71. The Balaban J connectivity index is 1.54. The third kappa shape index (κ3) is 6.50. The first-order chi connectivity index (χ1) is 15.7. The molecule has 1 unspecified atom stereocenters. The number of amides is 2. The summed E-state index contributed by atoms with van der Waals surface area (Å²) in [5.41, 5.74) is 1.98. The number of nitrogens with one attached hydrogen (secondary N) is 2. The molecular weight excluding hydrogens is 442 g/mol. The maximum Gasteiger partial charge on any atom is 0.269 e. The molecule has 0 heterocycles. The van der Waals surface area contributed by atoms with Gasteiger partial charge in [-0.1, -0.05) is 0 Å². The van der Waals surface area contributed by atoms with Crippen LogP contribution in [0.2, 0.25) is 0 Å². The first kappa shape index (κ1) is 23.7. The van der Waals surface area contributed by atoms with E-state index in [4.69, 9.17) is 0 Å². The Morgan fingerprint density at radius 1 is 0.818 bits per heavy atom. The Bertz CT molecular complexity index is 1180. The minimum absolute atomic E-state index is 0.0378. The third-order valence-corrected chi connectivity index (χ3v) is 5.81. The number of non-ortho nitro benzene ring substituents is 1. The van der Waals surface area contributed by atoms with Gasteiger partial charge in [-0.05, 0) is 74.5 Å². The Hall–Kier alpha value is -3.98. The van der Waals surface area contributed by atoms with Crippen molar-refractivity contribution in [3.05, 3.63) is 94.0 Å². The highest BCUT2D eigenvalue weighted by Gasteiger charge is 2.15. The van der Waals surface area contributed by atoms with Crippen molar-refractivity contribution in [1.82, 2.24) is 0 Å². The molecule has 0 aliphatic carbocycles. The van der Waals surface area contributed by atoms with E-state index in [0.717, 1.165) is 4.90 Å². The largest absolute Gasteiger partial charge is 0.325 e. The molecule has 0 saturated heterocycles. The molecule has 0 aliphatic heterocycles. The highest BCUT2D eigenvalue weighted by atomic mass is 32.2. The van der Waals surface area contributed by atoms with Gasteiger partial charge in [-0.25, -0.2) is 0 Å². The van der Waals surface area contributed by atoms with Crippen molar-refractivity contribution in [2.45, 2.75) is 24.0 Å². The summed E-state index contributed by atoms with van der Waals surface area (Å²) in [6.45, 7) is 3.27. The van der Waals surface area contributed by atoms with Gasteiger partial charge in [0.1, 0.15) is 0 Å². The quantitative estimate of drug-likeness (QED) is 0.206. The number of Topliss-reactive ketones (excluding diaryl/α,β-unsaturated/α-hetero) is 1. The minimum Gasteiger partial charge on any atom is -0.325 e. The molecule has 33 heavy (non-hydrogen) atoms. The molecule has 0 saturated carbocycles. The van der Waals surface area contributed by atoms with Crippen molar-refractivity contribution >= 4 is 46.4 Å². The zero-order chi connectivity index (χ0) is 24.0. The standard InChI is InChI=1S/C24H21N3O5S/c1-15(28)17-3-7-19(8-4-17)25-23(29)16(2)33-22-13-9-20(10-14-22)26-24(30)18-5-11-21(12-6-18)27(31)32/h3-14,16H,1-2H3,(H,25,29)(H,26,30). The van der Waals surface area contributed by atoms with Crippen LogP contribution in [0, 0.1) is 10.1 Å². The van der Waals surface area contributed by atoms with E-state index >= 15 is 0 Å². The summed E-state index contributed by atoms with van der Waals surface area (Å²) in [4.78, 5) is 47.2. The number of thioether (sulfide) groups is 1. The number of rotatable bonds is 8. The summed E-state index contributed by atoms with van der Waals surface area (Å²) in [6.07, 6.45) is 0. The molecule has 2 N–H and O–H groups in total. The van der Waals surface area contributed by atoms with Crippen molar-refractivity contribution in [2.75, 3.05) is 10.6 Å². The summed E-state index contributed by atoms with van der Waals surface area (Å²) < 4.78 is 0. The summed E-state index contributed by atoms with van der Waals surface area (Å²) in [5.74, 6) is -0.593. The lowest BCUT2D eigenvalue weighted by molar-refractivity contribution is -0.384. The van der Waals surface area contributed by atoms with Crippen LogP contribution < -0.4 is 10.6 Å². The van der Waals surface area contributed by atoms with Crippen LogP contribution in [0.1, 0.15) is 34.6 Å². The van der Waals surface area contributed by atoms with E-state index in [1.807, 2.05) is 0 Å². The van der Waals surface area contributed by atoms with Crippen LogP contribution in [0.25, 0.3) is 0 Å². The summed E-state index contributed by atoms with van der Waals surface area (Å²) in [6, 6.07) is 19.1. The number of nitro groups is 1. The maximum absolute atomic E-state index is 12.5. The molecule has 0 aromatic heterocycles. The molecule has 168 valence electrons. The molecule has 3 aromatic carbocycles. The van der Waals surface area contributed by atoms with Gasteiger partial charge in [0.15, 0.2) is 5.78 Å². The van der Waals surface area contributed by atoms with Gasteiger partial charge in [-0.3, -0.25) is 24.5 Å². The molecule has 2 amide bonds. The molecule has 8 nitrogen and oxygen atoms in total. The minimum atomic E-state index is -0.524. The lowest BCUT2D eigenvalue weighted by Gasteiger charge is -2.13. The van der Waals surface area contributed by atoms with E-state index in [9.17, 15) is 24.5 Å². The summed E-state index contributed by atoms with van der Waals surface area (Å²) in [5, 5.41) is 15.9. The number of benzene rings is 3. The molecule has 0 radical (unpaired) electrons. The second-order valence-corrected chi connectivity index (χ2v) is 8.58. The van der Waals surface area contributed by atoms with Crippen molar-refractivity contribution in [3.8, 4) is 0 Å². The first-order valence-corrected chi connectivity index (χ1v) is 10.9. The Morgan fingerprint density at radius 3 is 1.88 bits per heavy atom. The zero-order valence-corrected chi connectivity index (χ0v) is 18.7. The number of hydrogen-bond acceptors (Lipinski definition) is 6. The SMILES string of the molecule is CC(=O)c1ccc(NC(=O)C(C)Sc2ccc(NC(=O)c3ccc([N+](=O)[O-])cc3)cc2)cc1. The van der Waals surface area contributed by atoms with E-state index in [0.29, 0.717) is 22.5 Å². The topological polar surface area (TPSA) is 118 Å². The molecule has 0 fully saturated rings. The fraction of sp³-hybridized carbons (Fsp3) is 0.125. The van der Waals surface area contributed by atoms with Gasteiger partial charge >= 0.3 is 0 Å². The van der Waals surface area contributed by atoms with E-state index in [-0.39, 0.29) is 28.5 Å².